The van der Waals surface area contributed by atoms with Gasteiger partial charge in [-0.25, -0.2) is 0 Å². The molecule has 8 rings (SSSR count). The van der Waals surface area contributed by atoms with Crippen LogP contribution in [0.15, 0.2) is 158 Å². The highest BCUT2D eigenvalue weighted by Crippen LogP contribution is 2.40. The summed E-state index contributed by atoms with van der Waals surface area (Å²) in [5.41, 5.74) is 15.3. The zero-order valence-electron chi connectivity index (χ0n) is 31.7. The van der Waals surface area contributed by atoms with Crippen molar-refractivity contribution < 1.29 is 0 Å². The first-order chi connectivity index (χ1) is 27.1. The molecule has 6 aromatic carbocycles. The third-order valence-corrected chi connectivity index (χ3v) is 10.6. The Morgan fingerprint density at radius 3 is 2.13 bits per heavy atom. The Morgan fingerprint density at radius 1 is 0.709 bits per heavy atom. The van der Waals surface area contributed by atoms with Gasteiger partial charge in [-0.1, -0.05) is 128 Å². The molecule has 0 bridgehead atoms. The summed E-state index contributed by atoms with van der Waals surface area (Å²) in [6.45, 7) is 6.56. The first-order valence-corrected chi connectivity index (χ1v) is 19.1. The lowest BCUT2D eigenvalue weighted by Crippen LogP contribution is -2.11. The Hall–Kier alpha value is -6.82. The van der Waals surface area contributed by atoms with Crippen LogP contribution in [-0.2, 0) is 0 Å². The molecule has 0 N–H and O–H groups in total. The Labute approximate surface area is 325 Å². The number of aromatic nitrogens is 1. The summed E-state index contributed by atoms with van der Waals surface area (Å²) in [6, 6.07) is 41.8. The molecule has 266 valence electrons. The third-order valence-electron chi connectivity index (χ3n) is 10.6. The number of terminal acetylenes is 1. The van der Waals surface area contributed by atoms with E-state index in [0.717, 1.165) is 52.2 Å². The first-order valence-electron chi connectivity index (χ1n) is 19.1. The van der Waals surface area contributed by atoms with Crippen molar-refractivity contribution in [3.05, 3.63) is 191 Å². The Balaban J connectivity index is 1.32. The minimum absolute atomic E-state index is 0.910. The summed E-state index contributed by atoms with van der Waals surface area (Å²) >= 11 is 0. The zero-order valence-corrected chi connectivity index (χ0v) is 31.7. The number of aryl methyl sites for hydroxylation is 1. The average Bonchev–Trinajstić information content (AvgIpc) is 3.39. The summed E-state index contributed by atoms with van der Waals surface area (Å²) in [7, 11) is 0. The van der Waals surface area contributed by atoms with Gasteiger partial charge in [0.1, 0.15) is 0 Å². The highest BCUT2D eigenvalue weighted by molar-refractivity contribution is 6.03. The van der Waals surface area contributed by atoms with E-state index in [1.165, 1.54) is 49.5 Å². The molecule has 1 aromatic heterocycles. The minimum atomic E-state index is 0.910. The van der Waals surface area contributed by atoms with Crippen molar-refractivity contribution in [1.29, 1.82) is 0 Å². The first kappa shape index (κ1) is 35.2. The second-order valence-corrected chi connectivity index (χ2v) is 14.0. The SMILES string of the molecule is C#C/C=C\c1c(C)c2c(c3cc(-n4cc(/C=C\C=C/CC)c5ccc(-c6ccc(C)c(N(c7ccccc7)c7ccccc7)c6)cc54)ccc13)C=CCC=C2. The molecule has 1 aliphatic carbocycles. The van der Waals surface area contributed by atoms with Gasteiger partial charge in [-0.2, -0.15) is 0 Å². The van der Waals surface area contributed by atoms with Crippen LogP contribution in [0.2, 0.25) is 0 Å². The van der Waals surface area contributed by atoms with Crippen LogP contribution in [-0.4, -0.2) is 4.57 Å². The van der Waals surface area contributed by atoms with E-state index in [-0.39, 0.29) is 0 Å². The standard InChI is InChI=1S/C53H44N2/c1-5-7-9-13-20-42-37-54(45-31-33-50-46(25-8-6-2)39(4)47-26-18-12-19-27-49(47)51(50)36-45)53-35-41(30-32-48(42)53)40-29-28-38(3)52(34-40)55(43-21-14-10-15-22-43)44-23-16-11-17-24-44/h2,7-11,13-37H,5,12H2,1,3-4H3/b9-7-,20-13-,25-8-. The van der Waals surface area contributed by atoms with E-state index in [9.17, 15) is 0 Å². The maximum atomic E-state index is 5.70. The summed E-state index contributed by atoms with van der Waals surface area (Å²) in [5.74, 6) is 2.70. The number of nitrogens with zero attached hydrogens (tertiary/aromatic N) is 2. The van der Waals surface area contributed by atoms with E-state index in [1.54, 1.807) is 6.08 Å². The zero-order chi connectivity index (χ0) is 37.7. The maximum absolute atomic E-state index is 5.70. The predicted molar refractivity (Wildman–Crippen MR) is 239 cm³/mol. The van der Waals surface area contributed by atoms with Gasteiger partial charge in [0.05, 0.1) is 5.52 Å². The highest BCUT2D eigenvalue weighted by atomic mass is 15.1. The molecule has 0 amide bonds. The van der Waals surface area contributed by atoms with Crippen LogP contribution in [0.4, 0.5) is 17.1 Å². The number of hydrogen-bond acceptors (Lipinski definition) is 1. The minimum Gasteiger partial charge on any atom is -0.316 e. The summed E-state index contributed by atoms with van der Waals surface area (Å²) in [6.07, 6.45) is 31.5. The van der Waals surface area contributed by atoms with Gasteiger partial charge in [0.25, 0.3) is 0 Å². The van der Waals surface area contributed by atoms with Crippen molar-refractivity contribution in [2.24, 2.45) is 0 Å². The third kappa shape index (κ3) is 6.90. The number of rotatable bonds is 9. The van der Waals surface area contributed by atoms with E-state index < -0.39 is 0 Å². The number of benzene rings is 6. The second kappa shape index (κ2) is 15.7. The molecule has 7 aromatic rings. The molecule has 55 heavy (non-hydrogen) atoms. The normalized spacial score (nSPS) is 12.6. The fourth-order valence-corrected chi connectivity index (χ4v) is 7.79. The molecule has 0 unspecified atom stereocenters. The van der Waals surface area contributed by atoms with Gasteiger partial charge in [-0.3, -0.25) is 0 Å². The molecule has 0 spiro atoms. The van der Waals surface area contributed by atoms with Crippen molar-refractivity contribution in [2.75, 3.05) is 4.90 Å². The Bertz CT molecular complexity index is 2690. The molecule has 0 atom stereocenters. The molecular weight excluding hydrogens is 665 g/mol. The molecule has 1 aliphatic rings. The highest BCUT2D eigenvalue weighted by Gasteiger charge is 2.18. The molecule has 0 saturated carbocycles. The predicted octanol–water partition coefficient (Wildman–Crippen LogP) is 14.6. The number of fused-ring (bicyclic) bond motifs is 4. The van der Waals surface area contributed by atoms with Crippen LogP contribution in [0.1, 0.15) is 53.1 Å². The molecule has 2 nitrogen and oxygen atoms in total. The van der Waals surface area contributed by atoms with E-state index in [4.69, 9.17) is 6.42 Å². The fourth-order valence-electron chi connectivity index (χ4n) is 7.79. The number of para-hydroxylation sites is 2. The summed E-state index contributed by atoms with van der Waals surface area (Å²) in [5, 5.41) is 3.61. The summed E-state index contributed by atoms with van der Waals surface area (Å²) in [4.78, 5) is 2.35. The van der Waals surface area contributed by atoms with E-state index in [2.05, 4.69) is 212 Å². The molecule has 1 heterocycles. The smallest absolute Gasteiger partial charge is 0.0540 e. The molecule has 0 fully saturated rings. The van der Waals surface area contributed by atoms with Gasteiger partial charge in [0, 0.05) is 39.9 Å². The second-order valence-electron chi connectivity index (χ2n) is 14.0. The lowest BCUT2D eigenvalue weighted by atomic mass is 9.89. The maximum Gasteiger partial charge on any atom is 0.0540 e. The molecule has 0 radical (unpaired) electrons. The van der Waals surface area contributed by atoms with Crippen molar-refractivity contribution >= 4 is 63.0 Å². The number of hydrogen-bond donors (Lipinski definition) is 0. The van der Waals surface area contributed by atoms with Crippen molar-refractivity contribution in [2.45, 2.75) is 33.6 Å². The quantitative estimate of drug-likeness (QED) is 0.107. The van der Waals surface area contributed by atoms with Gasteiger partial charge >= 0.3 is 0 Å². The van der Waals surface area contributed by atoms with Gasteiger partial charge < -0.3 is 9.47 Å². The molecule has 2 heteroatoms. The van der Waals surface area contributed by atoms with Crippen LogP contribution in [0.25, 0.3) is 62.8 Å². The molecule has 0 saturated heterocycles. The Kier molecular flexibility index (Phi) is 10.0. The van der Waals surface area contributed by atoms with Crippen LogP contribution < -0.4 is 4.90 Å². The summed E-state index contributed by atoms with van der Waals surface area (Å²) < 4.78 is 2.36. The van der Waals surface area contributed by atoms with E-state index >= 15 is 0 Å². The van der Waals surface area contributed by atoms with Crippen molar-refractivity contribution in [3.8, 4) is 29.2 Å². The lowest BCUT2D eigenvalue weighted by molar-refractivity contribution is 1.13. The fraction of sp³-hybridized carbons (Fsp3) is 0.0943. The van der Waals surface area contributed by atoms with Gasteiger partial charge in [0.2, 0.25) is 0 Å². The van der Waals surface area contributed by atoms with E-state index in [1.807, 2.05) is 0 Å². The number of allylic oxidation sites excluding steroid dienone is 6. The molecular formula is C53H44N2. The largest absolute Gasteiger partial charge is 0.316 e. The van der Waals surface area contributed by atoms with Crippen molar-refractivity contribution in [3.63, 3.8) is 0 Å². The van der Waals surface area contributed by atoms with Crippen LogP contribution in [0, 0.1) is 26.2 Å². The van der Waals surface area contributed by atoms with Crippen molar-refractivity contribution in [1.82, 2.24) is 4.57 Å². The van der Waals surface area contributed by atoms with Crippen LogP contribution in [0.5, 0.6) is 0 Å². The monoisotopic (exact) mass is 708 g/mol. The topological polar surface area (TPSA) is 8.17 Å². The lowest BCUT2D eigenvalue weighted by Gasteiger charge is -2.27. The number of anilines is 3. The van der Waals surface area contributed by atoms with E-state index in [0.29, 0.717) is 0 Å². The van der Waals surface area contributed by atoms with Gasteiger partial charge in [0.15, 0.2) is 0 Å². The van der Waals surface area contributed by atoms with Crippen LogP contribution in [0.3, 0.4) is 0 Å². The van der Waals surface area contributed by atoms with Gasteiger partial charge in [-0.15, -0.1) is 6.42 Å². The Morgan fingerprint density at radius 2 is 1.40 bits per heavy atom. The average molecular weight is 709 g/mol. The van der Waals surface area contributed by atoms with Gasteiger partial charge in [-0.05, 0) is 137 Å². The molecule has 0 aliphatic heterocycles. The van der Waals surface area contributed by atoms with Crippen LogP contribution >= 0.6 is 0 Å².